The molecule has 0 atom stereocenters. The highest BCUT2D eigenvalue weighted by Gasteiger charge is 1.97. The molecule has 1 rings (SSSR count). The summed E-state index contributed by atoms with van der Waals surface area (Å²) in [6, 6.07) is 7.16. The normalized spacial score (nSPS) is 10.1. The third-order valence-corrected chi connectivity index (χ3v) is 2.24. The van der Waals surface area contributed by atoms with Crippen molar-refractivity contribution in [3.05, 3.63) is 29.8 Å². The topological polar surface area (TPSA) is 79.3 Å². The van der Waals surface area contributed by atoms with Gasteiger partial charge in [-0.15, -0.1) is 0 Å². The van der Waals surface area contributed by atoms with E-state index < -0.39 is 0 Å². The summed E-state index contributed by atoms with van der Waals surface area (Å²) in [6.07, 6.45) is 2.74. The fraction of sp³-hybridized carbons (Fsp3) is 0.417. The van der Waals surface area contributed by atoms with E-state index in [1.54, 1.807) is 12.1 Å². The second-order valence-electron chi connectivity index (χ2n) is 3.57. The zero-order valence-corrected chi connectivity index (χ0v) is 9.28. The minimum absolute atomic E-state index is 0.0643. The van der Waals surface area contributed by atoms with E-state index in [2.05, 4.69) is 0 Å². The van der Waals surface area contributed by atoms with Gasteiger partial charge in [0, 0.05) is 12.2 Å². The first-order chi connectivity index (χ1) is 7.74. The van der Waals surface area contributed by atoms with Crippen LogP contribution in [0, 0.1) is 5.41 Å². The van der Waals surface area contributed by atoms with Crippen LogP contribution in [-0.4, -0.2) is 24.2 Å². The summed E-state index contributed by atoms with van der Waals surface area (Å²) < 4.78 is 5.49. The van der Waals surface area contributed by atoms with Crippen LogP contribution in [0.2, 0.25) is 0 Å². The molecule has 0 radical (unpaired) electrons. The summed E-state index contributed by atoms with van der Waals surface area (Å²) in [5.74, 6) is 0.850. The Bertz CT molecular complexity index is 322. The van der Waals surface area contributed by atoms with E-state index in [1.807, 2.05) is 12.1 Å². The summed E-state index contributed by atoms with van der Waals surface area (Å²) in [6.45, 7) is 0.896. The molecule has 88 valence electrons. The lowest BCUT2D eigenvalue weighted by atomic mass is 10.2. The highest BCUT2D eigenvalue weighted by molar-refractivity contribution is 5.94. The molecule has 1 aromatic rings. The van der Waals surface area contributed by atoms with Crippen LogP contribution in [0.3, 0.4) is 0 Å². The van der Waals surface area contributed by atoms with Crippen LogP contribution in [0.1, 0.15) is 24.8 Å². The van der Waals surface area contributed by atoms with Crippen molar-refractivity contribution in [2.24, 2.45) is 5.73 Å². The summed E-state index contributed by atoms with van der Waals surface area (Å²) in [5, 5.41) is 15.8. The first-order valence-corrected chi connectivity index (χ1v) is 5.42. The summed E-state index contributed by atoms with van der Waals surface area (Å²) >= 11 is 0. The Kier molecular flexibility index (Phi) is 5.36. The Labute approximate surface area is 95.6 Å². The summed E-state index contributed by atoms with van der Waals surface area (Å²) in [7, 11) is 0. The average molecular weight is 222 g/mol. The van der Waals surface area contributed by atoms with Gasteiger partial charge in [-0.25, -0.2) is 0 Å². The zero-order valence-electron chi connectivity index (χ0n) is 9.28. The van der Waals surface area contributed by atoms with E-state index >= 15 is 0 Å². The van der Waals surface area contributed by atoms with Crippen molar-refractivity contribution < 1.29 is 9.84 Å². The third kappa shape index (κ3) is 4.31. The summed E-state index contributed by atoms with van der Waals surface area (Å²) in [4.78, 5) is 0. The van der Waals surface area contributed by atoms with Crippen LogP contribution in [0.15, 0.2) is 24.3 Å². The van der Waals surface area contributed by atoms with Gasteiger partial charge in [0.2, 0.25) is 0 Å². The fourth-order valence-electron chi connectivity index (χ4n) is 1.31. The van der Waals surface area contributed by atoms with Gasteiger partial charge in [-0.2, -0.15) is 0 Å². The number of hydrogen-bond donors (Lipinski definition) is 3. The zero-order chi connectivity index (χ0) is 11.8. The van der Waals surface area contributed by atoms with Gasteiger partial charge in [0.15, 0.2) is 0 Å². The molecular formula is C12H18N2O2. The van der Waals surface area contributed by atoms with E-state index in [4.69, 9.17) is 21.0 Å². The van der Waals surface area contributed by atoms with E-state index in [0.29, 0.717) is 12.2 Å². The number of nitrogens with one attached hydrogen (secondary N) is 1. The van der Waals surface area contributed by atoms with Crippen molar-refractivity contribution >= 4 is 5.84 Å². The molecule has 0 fully saturated rings. The largest absolute Gasteiger partial charge is 0.494 e. The molecule has 0 spiro atoms. The number of rotatable bonds is 7. The molecular weight excluding hydrogens is 204 g/mol. The number of nitrogen functional groups attached to an aromatic ring is 1. The van der Waals surface area contributed by atoms with E-state index in [0.717, 1.165) is 25.0 Å². The number of amidine groups is 1. The summed E-state index contributed by atoms with van der Waals surface area (Å²) in [5.41, 5.74) is 6.04. The van der Waals surface area contributed by atoms with Gasteiger partial charge in [-0.05, 0) is 43.5 Å². The van der Waals surface area contributed by atoms with Crippen molar-refractivity contribution in [1.82, 2.24) is 0 Å². The second-order valence-corrected chi connectivity index (χ2v) is 3.57. The predicted octanol–water partition coefficient (Wildman–Crippen LogP) is 1.51. The molecule has 0 heterocycles. The lowest BCUT2D eigenvalue weighted by Gasteiger charge is -2.06. The number of nitrogens with two attached hydrogens (primary N) is 1. The van der Waals surface area contributed by atoms with Gasteiger partial charge >= 0.3 is 0 Å². The van der Waals surface area contributed by atoms with Crippen molar-refractivity contribution in [2.75, 3.05) is 13.2 Å². The molecule has 0 bridgehead atoms. The highest BCUT2D eigenvalue weighted by Crippen LogP contribution is 2.12. The number of aliphatic hydroxyl groups is 1. The first kappa shape index (κ1) is 12.5. The molecule has 1 aromatic carbocycles. The van der Waals surface area contributed by atoms with Crippen LogP contribution in [0.25, 0.3) is 0 Å². The predicted molar refractivity (Wildman–Crippen MR) is 63.9 cm³/mol. The van der Waals surface area contributed by atoms with Crippen molar-refractivity contribution in [2.45, 2.75) is 19.3 Å². The third-order valence-electron chi connectivity index (χ3n) is 2.24. The van der Waals surface area contributed by atoms with Gasteiger partial charge in [-0.1, -0.05) is 0 Å². The lowest BCUT2D eigenvalue weighted by molar-refractivity contribution is 0.266. The van der Waals surface area contributed by atoms with Gasteiger partial charge in [0.05, 0.1) is 6.61 Å². The molecule has 16 heavy (non-hydrogen) atoms. The monoisotopic (exact) mass is 222 g/mol. The van der Waals surface area contributed by atoms with E-state index in [-0.39, 0.29) is 12.4 Å². The molecule has 0 unspecified atom stereocenters. The quantitative estimate of drug-likeness (QED) is 0.371. The first-order valence-electron chi connectivity index (χ1n) is 5.42. The van der Waals surface area contributed by atoms with Crippen LogP contribution in [0.4, 0.5) is 0 Å². The SMILES string of the molecule is N=C(N)c1ccc(OCCCCCO)cc1. The Morgan fingerprint density at radius 1 is 1.19 bits per heavy atom. The minimum atomic E-state index is 0.0643. The maximum atomic E-state index is 8.59. The Morgan fingerprint density at radius 3 is 2.44 bits per heavy atom. The van der Waals surface area contributed by atoms with Crippen LogP contribution in [0.5, 0.6) is 5.75 Å². The highest BCUT2D eigenvalue weighted by atomic mass is 16.5. The van der Waals surface area contributed by atoms with Crippen LogP contribution < -0.4 is 10.5 Å². The standard InChI is InChI=1S/C12H18N2O2/c13-12(14)10-4-6-11(7-5-10)16-9-3-1-2-8-15/h4-7,15H,1-3,8-9H2,(H3,13,14). The number of aliphatic hydroxyl groups excluding tert-OH is 1. The van der Waals surface area contributed by atoms with Crippen molar-refractivity contribution in [1.29, 1.82) is 5.41 Å². The van der Waals surface area contributed by atoms with Crippen molar-refractivity contribution in [3.8, 4) is 5.75 Å². The van der Waals surface area contributed by atoms with E-state index in [1.165, 1.54) is 0 Å². The molecule has 0 saturated carbocycles. The van der Waals surface area contributed by atoms with Gasteiger partial charge in [0.1, 0.15) is 11.6 Å². The molecule has 0 aliphatic carbocycles. The molecule has 4 nitrogen and oxygen atoms in total. The number of ether oxygens (including phenoxy) is 1. The molecule has 4 heteroatoms. The van der Waals surface area contributed by atoms with Gasteiger partial charge in [-0.3, -0.25) is 5.41 Å². The minimum Gasteiger partial charge on any atom is -0.494 e. The smallest absolute Gasteiger partial charge is 0.122 e. The maximum Gasteiger partial charge on any atom is 0.122 e. The van der Waals surface area contributed by atoms with E-state index in [9.17, 15) is 0 Å². The Balaban J connectivity index is 2.29. The molecule has 0 aliphatic rings. The molecule has 0 aliphatic heterocycles. The maximum absolute atomic E-state index is 8.59. The second kappa shape index (κ2) is 6.85. The number of unbranched alkanes of at least 4 members (excludes halogenated alkanes) is 2. The molecule has 0 saturated heterocycles. The van der Waals surface area contributed by atoms with Crippen molar-refractivity contribution in [3.63, 3.8) is 0 Å². The molecule has 0 aromatic heterocycles. The van der Waals surface area contributed by atoms with Crippen LogP contribution >= 0.6 is 0 Å². The number of benzene rings is 1. The van der Waals surface area contributed by atoms with Gasteiger partial charge in [0.25, 0.3) is 0 Å². The van der Waals surface area contributed by atoms with Crippen LogP contribution in [-0.2, 0) is 0 Å². The fourth-order valence-corrected chi connectivity index (χ4v) is 1.31. The molecule has 4 N–H and O–H groups in total. The Morgan fingerprint density at radius 2 is 1.88 bits per heavy atom. The number of hydrogen-bond acceptors (Lipinski definition) is 3. The van der Waals surface area contributed by atoms with Gasteiger partial charge < -0.3 is 15.6 Å². The lowest BCUT2D eigenvalue weighted by Crippen LogP contribution is -2.10. The average Bonchev–Trinajstić information content (AvgIpc) is 2.29. The molecule has 0 amide bonds. The Hall–Kier alpha value is -1.55.